The molecule has 2 heterocycles. The summed E-state index contributed by atoms with van der Waals surface area (Å²) >= 11 is 0. The molecule has 2 aromatic heterocycles. The van der Waals surface area contributed by atoms with Crippen LogP contribution >= 0.6 is 0 Å². The average molecular weight is 391 g/mol. The standard InChI is InChI=1S/C21H21N5O3/c1-12(27)19-17-7-14(16-9-23-13(2)24-10-16)6-15(8-22)20(17)26(25-19)11-18(28)29-21(3,4)5/h6-7,9-10H,11H2,1-5H3. The van der Waals surface area contributed by atoms with Gasteiger partial charge in [-0.1, -0.05) is 0 Å². The highest BCUT2D eigenvalue weighted by Gasteiger charge is 2.23. The van der Waals surface area contributed by atoms with Gasteiger partial charge in [-0.2, -0.15) is 10.4 Å². The number of hydrogen-bond donors (Lipinski definition) is 0. The molecule has 3 aromatic rings. The van der Waals surface area contributed by atoms with E-state index in [4.69, 9.17) is 4.74 Å². The Hall–Kier alpha value is -3.60. The summed E-state index contributed by atoms with van der Waals surface area (Å²) in [6.45, 7) is 8.27. The molecule has 8 heteroatoms. The lowest BCUT2D eigenvalue weighted by Gasteiger charge is -2.19. The SMILES string of the molecule is CC(=O)c1nn(CC(=O)OC(C)(C)C)c2c(C#N)cc(-c3cnc(C)nc3)cc12. The third-order valence-electron chi connectivity index (χ3n) is 4.11. The summed E-state index contributed by atoms with van der Waals surface area (Å²) < 4.78 is 6.71. The number of benzene rings is 1. The molecule has 0 unspecified atom stereocenters. The number of fused-ring (bicyclic) bond motifs is 1. The minimum Gasteiger partial charge on any atom is -0.459 e. The van der Waals surface area contributed by atoms with Gasteiger partial charge in [-0.05, 0) is 45.4 Å². The van der Waals surface area contributed by atoms with Crippen molar-refractivity contribution < 1.29 is 14.3 Å². The quantitative estimate of drug-likeness (QED) is 0.496. The summed E-state index contributed by atoms with van der Waals surface area (Å²) in [5.41, 5.74) is 1.65. The Morgan fingerprint density at radius 3 is 2.38 bits per heavy atom. The van der Waals surface area contributed by atoms with Crippen molar-refractivity contribution in [2.24, 2.45) is 0 Å². The maximum absolute atomic E-state index is 12.3. The molecule has 8 nitrogen and oxygen atoms in total. The number of Topliss-reactive ketones (excluding diaryl/α,β-unsaturated/α-hetero) is 1. The lowest BCUT2D eigenvalue weighted by molar-refractivity contribution is -0.155. The van der Waals surface area contributed by atoms with Gasteiger partial charge < -0.3 is 4.74 Å². The van der Waals surface area contributed by atoms with Gasteiger partial charge in [0.25, 0.3) is 0 Å². The molecule has 0 aliphatic rings. The van der Waals surface area contributed by atoms with Crippen LogP contribution in [0.15, 0.2) is 24.5 Å². The molecule has 0 aliphatic carbocycles. The summed E-state index contributed by atoms with van der Waals surface area (Å²) in [7, 11) is 0. The summed E-state index contributed by atoms with van der Waals surface area (Å²) in [5, 5.41) is 14.5. The molecule has 3 rings (SSSR count). The van der Waals surface area contributed by atoms with Crippen LogP contribution in [0.2, 0.25) is 0 Å². The molecule has 0 saturated heterocycles. The molecule has 29 heavy (non-hydrogen) atoms. The van der Waals surface area contributed by atoms with Crippen molar-refractivity contribution in [2.45, 2.75) is 46.8 Å². The van der Waals surface area contributed by atoms with Crippen LogP contribution < -0.4 is 0 Å². The fraction of sp³-hybridized carbons (Fsp3) is 0.333. The Balaban J connectivity index is 2.17. The molecule has 0 amide bonds. The number of ether oxygens (including phenoxy) is 1. The number of nitrogens with zero attached hydrogens (tertiary/aromatic N) is 5. The number of carbonyl (C=O) groups is 2. The predicted molar refractivity (Wildman–Crippen MR) is 106 cm³/mol. The molecule has 0 fully saturated rings. The third-order valence-corrected chi connectivity index (χ3v) is 4.11. The van der Waals surface area contributed by atoms with Crippen LogP contribution in [-0.2, 0) is 16.1 Å². The van der Waals surface area contributed by atoms with Crippen molar-refractivity contribution in [3.63, 3.8) is 0 Å². The number of rotatable bonds is 4. The zero-order valence-electron chi connectivity index (χ0n) is 17.0. The number of aryl methyl sites for hydroxylation is 1. The van der Waals surface area contributed by atoms with Gasteiger partial charge in [0.05, 0.1) is 11.1 Å². The lowest BCUT2D eigenvalue weighted by Crippen LogP contribution is -2.27. The summed E-state index contributed by atoms with van der Waals surface area (Å²) in [5.74, 6) is -0.138. The van der Waals surface area contributed by atoms with Crippen LogP contribution in [0.25, 0.3) is 22.0 Å². The largest absolute Gasteiger partial charge is 0.459 e. The van der Waals surface area contributed by atoms with Gasteiger partial charge in [-0.3, -0.25) is 14.3 Å². The fourth-order valence-electron chi connectivity index (χ4n) is 2.98. The highest BCUT2D eigenvalue weighted by atomic mass is 16.6. The molecular weight excluding hydrogens is 370 g/mol. The normalized spacial score (nSPS) is 11.3. The van der Waals surface area contributed by atoms with Gasteiger partial charge in [0.15, 0.2) is 5.78 Å². The number of ketones is 1. The topological polar surface area (TPSA) is 111 Å². The Kier molecular flexibility index (Phi) is 5.16. The van der Waals surface area contributed by atoms with Crippen molar-refractivity contribution in [1.29, 1.82) is 5.26 Å². The number of aromatic nitrogens is 4. The second-order valence-electron chi connectivity index (χ2n) is 7.70. The average Bonchev–Trinajstić information content (AvgIpc) is 2.98. The van der Waals surface area contributed by atoms with Crippen LogP contribution in [0, 0.1) is 18.3 Å². The van der Waals surface area contributed by atoms with Crippen LogP contribution in [0.5, 0.6) is 0 Å². The smallest absolute Gasteiger partial charge is 0.328 e. The highest BCUT2D eigenvalue weighted by Crippen LogP contribution is 2.30. The van der Waals surface area contributed by atoms with Crippen molar-refractivity contribution in [1.82, 2.24) is 19.7 Å². The zero-order valence-corrected chi connectivity index (χ0v) is 17.0. The highest BCUT2D eigenvalue weighted by molar-refractivity contribution is 6.07. The molecule has 0 N–H and O–H groups in total. The van der Waals surface area contributed by atoms with E-state index in [0.29, 0.717) is 33.4 Å². The molecule has 148 valence electrons. The van der Waals surface area contributed by atoms with E-state index < -0.39 is 11.6 Å². The Labute approximate surface area is 168 Å². The predicted octanol–water partition coefficient (Wildman–Crippen LogP) is 3.22. The first-order valence-corrected chi connectivity index (χ1v) is 9.05. The number of hydrogen-bond acceptors (Lipinski definition) is 7. The van der Waals surface area contributed by atoms with Crippen LogP contribution in [0.1, 0.15) is 49.6 Å². The van der Waals surface area contributed by atoms with E-state index >= 15 is 0 Å². The molecule has 0 bridgehead atoms. The summed E-state index contributed by atoms with van der Waals surface area (Å²) in [6.07, 6.45) is 3.31. The van der Waals surface area contributed by atoms with Crippen LogP contribution in [-0.4, -0.2) is 37.1 Å². The minimum atomic E-state index is -0.653. The monoisotopic (exact) mass is 391 g/mol. The van der Waals surface area contributed by atoms with Crippen molar-refractivity contribution in [2.75, 3.05) is 0 Å². The maximum Gasteiger partial charge on any atom is 0.328 e. The van der Waals surface area contributed by atoms with Crippen LogP contribution in [0.3, 0.4) is 0 Å². The molecule has 0 aliphatic heterocycles. The van der Waals surface area contributed by atoms with E-state index in [0.717, 1.165) is 0 Å². The van der Waals surface area contributed by atoms with E-state index in [1.807, 2.05) is 0 Å². The second kappa shape index (κ2) is 7.43. The molecule has 1 aromatic carbocycles. The van der Waals surface area contributed by atoms with E-state index in [-0.39, 0.29) is 18.0 Å². The van der Waals surface area contributed by atoms with E-state index in [9.17, 15) is 14.9 Å². The van der Waals surface area contributed by atoms with Crippen LogP contribution in [0.4, 0.5) is 0 Å². The van der Waals surface area contributed by atoms with Gasteiger partial charge in [-0.25, -0.2) is 9.97 Å². The van der Waals surface area contributed by atoms with Crippen molar-refractivity contribution in [3.05, 3.63) is 41.6 Å². The zero-order chi connectivity index (χ0) is 21.3. The lowest BCUT2D eigenvalue weighted by atomic mass is 10.0. The van der Waals surface area contributed by atoms with Crippen molar-refractivity contribution >= 4 is 22.7 Å². The molecule has 0 saturated carbocycles. The van der Waals surface area contributed by atoms with Gasteiger partial charge in [0, 0.05) is 30.3 Å². The number of esters is 1. The molecule has 0 spiro atoms. The molecule has 0 radical (unpaired) electrons. The minimum absolute atomic E-state index is 0.190. The first-order chi connectivity index (χ1) is 13.6. The fourth-order valence-corrected chi connectivity index (χ4v) is 2.98. The maximum atomic E-state index is 12.3. The molecule has 0 atom stereocenters. The van der Waals surface area contributed by atoms with Gasteiger partial charge in [-0.15, -0.1) is 0 Å². The Morgan fingerprint density at radius 2 is 1.83 bits per heavy atom. The Morgan fingerprint density at radius 1 is 1.17 bits per heavy atom. The first kappa shape index (κ1) is 20.1. The second-order valence-corrected chi connectivity index (χ2v) is 7.70. The Bertz CT molecular complexity index is 1150. The summed E-state index contributed by atoms with van der Waals surface area (Å²) in [6, 6.07) is 5.58. The first-order valence-electron chi connectivity index (χ1n) is 9.05. The molecular formula is C21H21N5O3. The van der Waals surface area contributed by atoms with Crippen molar-refractivity contribution in [3.8, 4) is 17.2 Å². The number of nitriles is 1. The van der Waals surface area contributed by atoms with E-state index in [1.54, 1.807) is 52.2 Å². The van der Waals surface area contributed by atoms with Gasteiger partial charge in [0.2, 0.25) is 0 Å². The van der Waals surface area contributed by atoms with Gasteiger partial charge >= 0.3 is 5.97 Å². The third kappa shape index (κ3) is 4.29. The number of carbonyl (C=O) groups excluding carboxylic acids is 2. The van der Waals surface area contributed by atoms with E-state index in [1.165, 1.54) is 11.6 Å². The van der Waals surface area contributed by atoms with E-state index in [2.05, 4.69) is 21.1 Å². The summed E-state index contributed by atoms with van der Waals surface area (Å²) in [4.78, 5) is 32.9. The van der Waals surface area contributed by atoms with Gasteiger partial charge in [0.1, 0.15) is 29.7 Å².